The standard InChI is InChI=1S/C36H46F2N4O/c1-25-26-13-11-14-29(22-26)36(37,38)28-15-20-42(21-16-28)19-10-8-6-4-5-7-9-12-27-23-31-30(24-32(27)35(2)17-18-35)33(39-25)40-41(3)34(31)43/h8,10-11,13-14,22-25,28H,4-7,9,12,15-21H2,1-3H3,(H,39,40)/b10-8-/t25-/m1/s1. The molecule has 5 aliphatic heterocycles. The molecule has 6 aliphatic rings. The molecule has 1 aromatic heterocycles. The first-order valence-corrected chi connectivity index (χ1v) is 16.3. The lowest BCUT2D eigenvalue weighted by molar-refractivity contribution is -0.0847. The van der Waals surface area contributed by atoms with Crippen molar-refractivity contribution in [1.82, 2.24) is 14.7 Å². The third-order valence-electron chi connectivity index (χ3n) is 10.2. The van der Waals surface area contributed by atoms with Crippen molar-refractivity contribution in [2.75, 3.05) is 25.0 Å². The van der Waals surface area contributed by atoms with Crippen molar-refractivity contribution in [1.29, 1.82) is 0 Å². The SMILES string of the molecule is C[C@H]1Nc2nn(C)c(=O)c3cc(c(C4(C)CC4)cc23)CCCCCC/C=C\CN2CCC(CC2)C(F)(F)c2cccc1c2. The van der Waals surface area contributed by atoms with Crippen LogP contribution < -0.4 is 10.9 Å². The van der Waals surface area contributed by atoms with Gasteiger partial charge in [0.1, 0.15) is 0 Å². The molecule has 1 atom stereocenters. The Balaban J connectivity index is 1.38. The number of piperidine rings is 1. The van der Waals surface area contributed by atoms with E-state index in [1.54, 1.807) is 25.2 Å². The van der Waals surface area contributed by atoms with Crippen LogP contribution in [0.1, 0.15) is 99.9 Å². The van der Waals surface area contributed by atoms with Crippen LogP contribution >= 0.6 is 0 Å². The molecule has 2 fully saturated rings. The maximum Gasteiger partial charge on any atom is 0.276 e. The monoisotopic (exact) mass is 588 g/mol. The normalized spacial score (nSPS) is 26.6. The largest absolute Gasteiger partial charge is 0.362 e. The van der Waals surface area contributed by atoms with E-state index in [4.69, 9.17) is 0 Å². The summed E-state index contributed by atoms with van der Waals surface area (Å²) >= 11 is 0. The van der Waals surface area contributed by atoms with Gasteiger partial charge in [-0.15, -0.1) is 0 Å². The van der Waals surface area contributed by atoms with Gasteiger partial charge in [-0.05, 0) is 112 Å². The third kappa shape index (κ3) is 6.29. The topological polar surface area (TPSA) is 50.2 Å². The number of alkyl halides is 2. The Labute approximate surface area is 254 Å². The highest BCUT2D eigenvalue weighted by Crippen LogP contribution is 2.50. The highest BCUT2D eigenvalue weighted by atomic mass is 19.3. The molecular formula is C36H46F2N4O. The molecular weight excluding hydrogens is 542 g/mol. The zero-order valence-corrected chi connectivity index (χ0v) is 26.0. The van der Waals surface area contributed by atoms with Crippen LogP contribution in [-0.4, -0.2) is 34.3 Å². The summed E-state index contributed by atoms with van der Waals surface area (Å²) in [4.78, 5) is 15.6. The van der Waals surface area contributed by atoms with Gasteiger partial charge in [0.15, 0.2) is 5.82 Å². The maximum absolute atomic E-state index is 15.9. The van der Waals surface area contributed by atoms with Crippen molar-refractivity contribution in [3.8, 4) is 0 Å². The first-order valence-electron chi connectivity index (χ1n) is 16.3. The summed E-state index contributed by atoms with van der Waals surface area (Å²) < 4.78 is 33.1. The molecule has 1 saturated carbocycles. The number of nitrogens with zero attached hydrogens (tertiary/aromatic N) is 3. The highest BCUT2D eigenvalue weighted by molar-refractivity contribution is 5.92. The minimum atomic E-state index is -2.89. The van der Waals surface area contributed by atoms with Crippen molar-refractivity contribution in [2.24, 2.45) is 13.0 Å². The summed E-state index contributed by atoms with van der Waals surface area (Å²) in [7, 11) is 1.68. The van der Waals surface area contributed by atoms with E-state index < -0.39 is 11.8 Å². The van der Waals surface area contributed by atoms with E-state index in [-0.39, 0.29) is 22.6 Å². The molecule has 43 heavy (non-hydrogen) atoms. The van der Waals surface area contributed by atoms with Gasteiger partial charge in [-0.25, -0.2) is 13.5 Å². The van der Waals surface area contributed by atoms with E-state index >= 15 is 8.78 Å². The number of allylic oxidation sites excluding steroid dienone is 1. The van der Waals surface area contributed by atoms with Gasteiger partial charge in [-0.2, -0.15) is 5.10 Å². The van der Waals surface area contributed by atoms with E-state index in [1.807, 2.05) is 13.0 Å². The van der Waals surface area contributed by atoms with Gasteiger partial charge in [-0.3, -0.25) is 9.69 Å². The molecule has 2 aromatic carbocycles. The van der Waals surface area contributed by atoms with Crippen molar-refractivity contribution >= 4 is 16.6 Å². The van der Waals surface area contributed by atoms with Crippen molar-refractivity contribution in [2.45, 2.75) is 95.4 Å². The predicted octanol–water partition coefficient (Wildman–Crippen LogP) is 8.02. The Morgan fingerprint density at radius 3 is 2.51 bits per heavy atom. The number of hydrogen-bond acceptors (Lipinski definition) is 4. The van der Waals surface area contributed by atoms with Gasteiger partial charge in [0, 0.05) is 30.5 Å². The Hall–Kier alpha value is -3.06. The first kappa shape index (κ1) is 30.0. The Kier molecular flexibility index (Phi) is 8.47. The molecule has 8 bridgehead atoms. The zero-order chi connectivity index (χ0) is 30.2. The van der Waals surface area contributed by atoms with Gasteiger partial charge in [0.2, 0.25) is 0 Å². The number of nitrogens with one attached hydrogen (secondary N) is 1. The van der Waals surface area contributed by atoms with Crippen LogP contribution in [0.4, 0.5) is 14.6 Å². The lowest BCUT2D eigenvalue weighted by Crippen LogP contribution is -2.39. The fraction of sp³-hybridized carbons (Fsp3) is 0.556. The summed E-state index contributed by atoms with van der Waals surface area (Å²) in [5, 5.41) is 9.62. The van der Waals surface area contributed by atoms with Gasteiger partial charge >= 0.3 is 0 Å². The summed E-state index contributed by atoms with van der Waals surface area (Å²) in [6, 6.07) is 10.9. The molecule has 0 radical (unpaired) electrons. The number of anilines is 1. The second-order valence-electron chi connectivity index (χ2n) is 13.5. The predicted molar refractivity (Wildman–Crippen MR) is 171 cm³/mol. The molecule has 0 spiro atoms. The average Bonchev–Trinajstić information content (AvgIpc) is 3.76. The summed E-state index contributed by atoms with van der Waals surface area (Å²) in [5.41, 5.74) is 3.50. The van der Waals surface area contributed by atoms with E-state index in [2.05, 4.69) is 46.5 Å². The highest BCUT2D eigenvalue weighted by Gasteiger charge is 2.43. The molecule has 230 valence electrons. The average molecular weight is 589 g/mol. The maximum atomic E-state index is 15.9. The molecule has 3 aromatic rings. The third-order valence-corrected chi connectivity index (χ3v) is 10.2. The van der Waals surface area contributed by atoms with Crippen LogP contribution in [0.5, 0.6) is 0 Å². The lowest BCUT2D eigenvalue weighted by atomic mass is 9.85. The van der Waals surface area contributed by atoms with E-state index in [0.29, 0.717) is 37.1 Å². The van der Waals surface area contributed by atoms with Gasteiger partial charge in [-0.1, -0.05) is 50.1 Å². The second kappa shape index (κ2) is 12.1. The van der Waals surface area contributed by atoms with Crippen LogP contribution in [0, 0.1) is 5.92 Å². The van der Waals surface area contributed by atoms with Crippen LogP contribution in [0.15, 0.2) is 53.3 Å². The molecule has 9 rings (SSSR count). The number of aromatic nitrogens is 2. The van der Waals surface area contributed by atoms with Crippen LogP contribution in [0.3, 0.4) is 0 Å². The van der Waals surface area contributed by atoms with Gasteiger partial charge < -0.3 is 5.32 Å². The fourth-order valence-corrected chi connectivity index (χ4v) is 7.06. The Morgan fingerprint density at radius 1 is 0.977 bits per heavy atom. The van der Waals surface area contributed by atoms with E-state index in [9.17, 15) is 4.79 Å². The summed E-state index contributed by atoms with van der Waals surface area (Å²) in [5.74, 6) is -2.94. The van der Waals surface area contributed by atoms with E-state index in [1.165, 1.54) is 28.7 Å². The Bertz CT molecular complexity index is 1550. The zero-order valence-electron chi connectivity index (χ0n) is 26.0. The minimum absolute atomic E-state index is 0.0818. The van der Waals surface area contributed by atoms with Crippen LogP contribution in [0.25, 0.3) is 10.8 Å². The smallest absolute Gasteiger partial charge is 0.276 e. The molecule has 0 amide bonds. The van der Waals surface area contributed by atoms with E-state index in [0.717, 1.165) is 56.0 Å². The fourth-order valence-electron chi connectivity index (χ4n) is 7.06. The van der Waals surface area contributed by atoms with Gasteiger partial charge in [0.05, 0.1) is 11.4 Å². The number of halogens is 2. The number of hydrogen-bond donors (Lipinski definition) is 1. The van der Waals surface area contributed by atoms with Gasteiger partial charge in [0.25, 0.3) is 11.5 Å². The molecule has 0 unspecified atom stereocenters. The summed E-state index contributed by atoms with van der Waals surface area (Å²) in [6.07, 6.45) is 14.4. The number of benzene rings is 2. The quantitative estimate of drug-likeness (QED) is 0.293. The minimum Gasteiger partial charge on any atom is -0.362 e. The van der Waals surface area contributed by atoms with Crippen molar-refractivity contribution in [3.63, 3.8) is 0 Å². The molecule has 6 heterocycles. The number of rotatable bonds is 1. The molecule has 1 saturated heterocycles. The molecule has 7 heteroatoms. The molecule has 1 N–H and O–H groups in total. The van der Waals surface area contributed by atoms with Crippen LogP contribution in [0.2, 0.25) is 0 Å². The van der Waals surface area contributed by atoms with Crippen LogP contribution in [-0.2, 0) is 24.8 Å². The van der Waals surface area contributed by atoms with Crippen molar-refractivity contribution < 1.29 is 8.78 Å². The Morgan fingerprint density at radius 2 is 1.74 bits per heavy atom. The van der Waals surface area contributed by atoms with Crippen molar-refractivity contribution in [3.05, 3.63) is 81.2 Å². The molecule has 5 nitrogen and oxygen atoms in total. The lowest BCUT2D eigenvalue weighted by Gasteiger charge is -2.35. The second-order valence-corrected chi connectivity index (χ2v) is 13.5. The summed E-state index contributed by atoms with van der Waals surface area (Å²) in [6.45, 7) is 6.54. The molecule has 1 aliphatic carbocycles. The number of aryl methyl sites for hydroxylation is 2. The first-order chi connectivity index (χ1) is 20.7.